The maximum atomic E-state index is 11.3. The van der Waals surface area contributed by atoms with Gasteiger partial charge in [-0.05, 0) is 31.9 Å². The normalized spacial score (nSPS) is 11.1. The molecule has 0 aliphatic heterocycles. The molecule has 0 radical (unpaired) electrons. The Morgan fingerprint density at radius 1 is 1.24 bits per heavy atom. The summed E-state index contributed by atoms with van der Waals surface area (Å²) in [6, 6.07) is 8.24. The number of rotatable bonds is 12. The Morgan fingerprint density at radius 3 is 2.88 bits per heavy atom. The number of carbonyl (C=O) groups excluding carboxylic acids is 1. The van der Waals surface area contributed by atoms with Crippen molar-refractivity contribution in [3.63, 3.8) is 0 Å². The zero-order valence-corrected chi connectivity index (χ0v) is 15.3. The Kier molecular flexibility index (Phi) is 8.42. The minimum atomic E-state index is -0.0554. The molecule has 0 aliphatic rings. The molecule has 0 unspecified atom stereocenters. The predicted molar refractivity (Wildman–Crippen MR) is 98.7 cm³/mol. The highest BCUT2D eigenvalue weighted by molar-refractivity contribution is 5.77. The van der Waals surface area contributed by atoms with Crippen molar-refractivity contribution in [1.82, 2.24) is 14.9 Å². The van der Waals surface area contributed by atoms with E-state index in [0.717, 1.165) is 50.2 Å². The molecule has 0 fully saturated rings. The number of nitrogens with zero attached hydrogens (tertiary/aromatic N) is 2. The van der Waals surface area contributed by atoms with Gasteiger partial charge >= 0.3 is 0 Å². The average molecular weight is 347 g/mol. The van der Waals surface area contributed by atoms with E-state index >= 15 is 0 Å². The van der Waals surface area contributed by atoms with Crippen LogP contribution in [0.5, 0.6) is 0 Å². The van der Waals surface area contributed by atoms with E-state index < -0.39 is 0 Å². The second-order valence-corrected chi connectivity index (χ2v) is 5.96. The number of hydrogen-bond acceptors (Lipinski definition) is 4. The molecule has 1 aromatic carbocycles. The number of carbonyl (C=O) groups is 1. The Balaban J connectivity index is 1.83. The number of benzene rings is 1. The van der Waals surface area contributed by atoms with E-state index in [1.807, 2.05) is 19.1 Å². The van der Waals surface area contributed by atoms with Crippen LogP contribution in [0.2, 0.25) is 0 Å². The van der Waals surface area contributed by atoms with Crippen LogP contribution in [0.25, 0.3) is 11.0 Å². The second kappa shape index (κ2) is 10.8. The fourth-order valence-electron chi connectivity index (χ4n) is 2.86. The number of aromatic nitrogens is 2. The van der Waals surface area contributed by atoms with E-state index in [2.05, 4.69) is 22.0 Å². The number of fused-ring (bicyclic) bond motifs is 1. The Labute approximate surface area is 149 Å². The van der Waals surface area contributed by atoms with Gasteiger partial charge in [-0.25, -0.2) is 4.98 Å². The van der Waals surface area contributed by atoms with Crippen LogP contribution in [-0.2, 0) is 27.2 Å². The lowest BCUT2D eigenvalue weighted by Crippen LogP contribution is -2.27. The number of ether oxygens (including phenoxy) is 2. The van der Waals surface area contributed by atoms with Gasteiger partial charge in [0.05, 0.1) is 17.6 Å². The van der Waals surface area contributed by atoms with E-state index in [9.17, 15) is 4.79 Å². The summed E-state index contributed by atoms with van der Waals surface area (Å²) in [5.74, 6) is 1.06. The molecule has 1 amide bonds. The summed E-state index contributed by atoms with van der Waals surface area (Å²) in [6.07, 6.45) is 4.02. The minimum absolute atomic E-state index is 0.0554. The molecule has 25 heavy (non-hydrogen) atoms. The molecule has 1 N–H and O–H groups in total. The van der Waals surface area contributed by atoms with Crippen molar-refractivity contribution in [2.45, 2.75) is 39.2 Å². The third-order valence-corrected chi connectivity index (χ3v) is 4.07. The molecule has 1 heterocycles. The van der Waals surface area contributed by atoms with Crippen LogP contribution in [-0.4, -0.2) is 48.9 Å². The van der Waals surface area contributed by atoms with Gasteiger partial charge in [0.25, 0.3) is 0 Å². The predicted octanol–water partition coefficient (Wildman–Crippen LogP) is 2.55. The van der Waals surface area contributed by atoms with Crippen molar-refractivity contribution in [3.05, 3.63) is 30.1 Å². The smallest absolute Gasteiger partial charge is 0.245 e. The van der Waals surface area contributed by atoms with Gasteiger partial charge in [-0.3, -0.25) is 4.79 Å². The lowest BCUT2D eigenvalue weighted by atomic mass is 10.2. The largest absolute Gasteiger partial charge is 0.380 e. The van der Waals surface area contributed by atoms with Crippen molar-refractivity contribution >= 4 is 16.9 Å². The van der Waals surface area contributed by atoms with Crippen LogP contribution in [0.1, 0.15) is 32.0 Å². The number of aryl methyl sites for hydroxylation is 1. The van der Waals surface area contributed by atoms with Crippen LogP contribution < -0.4 is 5.32 Å². The summed E-state index contributed by atoms with van der Waals surface area (Å²) in [6.45, 7) is 5.11. The third kappa shape index (κ3) is 6.14. The standard InChI is InChI=1S/C19H29N3O3/c1-3-25-14-13-22-17-10-7-6-9-16(17)21-18(22)11-5-4-8-12-20-19(23)15-24-2/h6-7,9-10H,3-5,8,11-15H2,1-2H3,(H,20,23). The van der Waals surface area contributed by atoms with Crippen LogP contribution in [0.15, 0.2) is 24.3 Å². The topological polar surface area (TPSA) is 65.4 Å². The lowest BCUT2D eigenvalue weighted by Gasteiger charge is -2.09. The summed E-state index contributed by atoms with van der Waals surface area (Å²) >= 11 is 0. The summed E-state index contributed by atoms with van der Waals surface area (Å²) in [4.78, 5) is 16.1. The second-order valence-electron chi connectivity index (χ2n) is 5.96. The molecule has 138 valence electrons. The SMILES string of the molecule is CCOCCn1c(CCCCCNC(=O)COC)nc2ccccc21. The van der Waals surface area contributed by atoms with E-state index in [4.69, 9.17) is 14.5 Å². The summed E-state index contributed by atoms with van der Waals surface area (Å²) in [5, 5.41) is 2.85. The molecular formula is C19H29N3O3. The zero-order valence-electron chi connectivity index (χ0n) is 15.3. The summed E-state index contributed by atoms with van der Waals surface area (Å²) in [5.41, 5.74) is 2.21. The van der Waals surface area contributed by atoms with Gasteiger partial charge in [-0.15, -0.1) is 0 Å². The third-order valence-electron chi connectivity index (χ3n) is 4.07. The quantitative estimate of drug-likeness (QED) is 0.599. The summed E-state index contributed by atoms with van der Waals surface area (Å²) < 4.78 is 12.6. The Bertz CT molecular complexity index is 654. The monoisotopic (exact) mass is 347 g/mol. The van der Waals surface area contributed by atoms with Crippen molar-refractivity contribution in [3.8, 4) is 0 Å². The van der Waals surface area contributed by atoms with Crippen LogP contribution >= 0.6 is 0 Å². The van der Waals surface area contributed by atoms with Crippen molar-refractivity contribution < 1.29 is 14.3 Å². The fraction of sp³-hybridized carbons (Fsp3) is 0.579. The van der Waals surface area contributed by atoms with Gasteiger partial charge < -0.3 is 19.4 Å². The van der Waals surface area contributed by atoms with Crippen molar-refractivity contribution in [2.75, 3.05) is 33.5 Å². The van der Waals surface area contributed by atoms with Gasteiger partial charge in [0.15, 0.2) is 0 Å². The van der Waals surface area contributed by atoms with Gasteiger partial charge in [0.1, 0.15) is 12.4 Å². The zero-order chi connectivity index (χ0) is 17.9. The number of imidazole rings is 1. The Morgan fingerprint density at radius 2 is 2.08 bits per heavy atom. The van der Waals surface area contributed by atoms with Gasteiger partial charge in [0, 0.05) is 33.2 Å². The first-order valence-electron chi connectivity index (χ1n) is 9.03. The first kappa shape index (κ1) is 19.4. The number of nitrogens with one attached hydrogen (secondary N) is 1. The highest BCUT2D eigenvalue weighted by Crippen LogP contribution is 2.17. The molecule has 0 saturated heterocycles. The first-order valence-corrected chi connectivity index (χ1v) is 9.03. The van der Waals surface area contributed by atoms with Crippen LogP contribution in [0.4, 0.5) is 0 Å². The molecule has 0 saturated carbocycles. The number of amides is 1. The van der Waals surface area contributed by atoms with Crippen molar-refractivity contribution in [1.29, 1.82) is 0 Å². The van der Waals surface area contributed by atoms with E-state index in [0.29, 0.717) is 13.2 Å². The molecule has 6 heteroatoms. The van der Waals surface area contributed by atoms with E-state index in [1.54, 1.807) is 0 Å². The number of para-hydroxylation sites is 2. The highest BCUT2D eigenvalue weighted by atomic mass is 16.5. The van der Waals surface area contributed by atoms with Crippen LogP contribution in [0, 0.1) is 0 Å². The van der Waals surface area contributed by atoms with E-state index in [-0.39, 0.29) is 12.5 Å². The average Bonchev–Trinajstić information content (AvgIpc) is 2.96. The van der Waals surface area contributed by atoms with Gasteiger partial charge in [-0.1, -0.05) is 18.6 Å². The van der Waals surface area contributed by atoms with Gasteiger partial charge in [0.2, 0.25) is 5.91 Å². The maximum absolute atomic E-state index is 11.3. The summed E-state index contributed by atoms with van der Waals surface area (Å²) in [7, 11) is 1.53. The maximum Gasteiger partial charge on any atom is 0.245 e. The molecule has 6 nitrogen and oxygen atoms in total. The fourth-order valence-corrected chi connectivity index (χ4v) is 2.86. The molecule has 1 aromatic heterocycles. The van der Waals surface area contributed by atoms with Crippen molar-refractivity contribution in [2.24, 2.45) is 0 Å². The van der Waals surface area contributed by atoms with E-state index in [1.165, 1.54) is 12.6 Å². The number of hydrogen-bond donors (Lipinski definition) is 1. The molecular weight excluding hydrogens is 318 g/mol. The molecule has 0 spiro atoms. The molecule has 2 aromatic rings. The molecule has 2 rings (SSSR count). The molecule has 0 atom stereocenters. The number of unbranched alkanes of at least 4 members (excludes halogenated alkanes) is 2. The Hall–Kier alpha value is -1.92. The highest BCUT2D eigenvalue weighted by Gasteiger charge is 2.10. The molecule has 0 aliphatic carbocycles. The number of methoxy groups -OCH3 is 1. The van der Waals surface area contributed by atoms with Crippen LogP contribution in [0.3, 0.4) is 0 Å². The lowest BCUT2D eigenvalue weighted by molar-refractivity contribution is -0.124. The first-order chi connectivity index (χ1) is 12.3. The van der Waals surface area contributed by atoms with Gasteiger partial charge in [-0.2, -0.15) is 0 Å². The molecule has 0 bridgehead atoms. The minimum Gasteiger partial charge on any atom is -0.380 e.